The molecule has 1 aromatic carbocycles. The van der Waals surface area contributed by atoms with Gasteiger partial charge in [-0.25, -0.2) is 4.98 Å². The summed E-state index contributed by atoms with van der Waals surface area (Å²) in [6.07, 6.45) is 5.85. The van der Waals surface area contributed by atoms with Gasteiger partial charge >= 0.3 is 0 Å². The summed E-state index contributed by atoms with van der Waals surface area (Å²) in [6.45, 7) is 3.72. The zero-order valence-corrected chi connectivity index (χ0v) is 15.4. The predicted octanol–water partition coefficient (Wildman–Crippen LogP) is 1.59. The number of aromatic hydroxyl groups is 1. The molecule has 0 aliphatic carbocycles. The van der Waals surface area contributed by atoms with E-state index < -0.39 is 0 Å². The lowest BCUT2D eigenvalue weighted by Crippen LogP contribution is -2.37. The summed E-state index contributed by atoms with van der Waals surface area (Å²) in [5.74, 6) is 0.604. The van der Waals surface area contributed by atoms with Crippen LogP contribution in [0.15, 0.2) is 29.2 Å². The fourth-order valence-electron chi connectivity index (χ4n) is 4.17. The minimum Gasteiger partial charge on any atom is -0.507 e. The molecule has 0 bridgehead atoms. The normalized spacial score (nSPS) is 21.3. The third-order valence-electron chi connectivity index (χ3n) is 5.73. The minimum absolute atomic E-state index is 0.0234. The number of phenols is 1. The van der Waals surface area contributed by atoms with Crippen molar-refractivity contribution in [3.05, 3.63) is 40.3 Å². The second-order valence-electron chi connectivity index (χ2n) is 7.52. The molecule has 2 aromatic rings. The summed E-state index contributed by atoms with van der Waals surface area (Å²) in [7, 11) is 0. The van der Waals surface area contributed by atoms with Crippen LogP contribution in [0.5, 0.6) is 5.75 Å². The fourth-order valence-corrected chi connectivity index (χ4v) is 4.17. The molecule has 7 nitrogen and oxygen atoms in total. The Hall–Kier alpha value is -2.38. The summed E-state index contributed by atoms with van der Waals surface area (Å²) in [4.78, 5) is 16.8. The van der Waals surface area contributed by atoms with E-state index in [4.69, 9.17) is 5.73 Å². The largest absolute Gasteiger partial charge is 0.507 e. The lowest BCUT2D eigenvalue weighted by Gasteiger charge is -2.26. The van der Waals surface area contributed by atoms with Crippen LogP contribution in [0.3, 0.4) is 0 Å². The molecule has 27 heavy (non-hydrogen) atoms. The molecule has 3 heterocycles. The number of benzene rings is 1. The Morgan fingerprint density at radius 2 is 1.96 bits per heavy atom. The summed E-state index contributed by atoms with van der Waals surface area (Å²) < 4.78 is 1.68. The number of aromatic nitrogens is 2. The maximum Gasteiger partial charge on any atom is 0.293 e. The molecule has 0 spiro atoms. The maximum atomic E-state index is 12.5. The highest BCUT2D eigenvalue weighted by Crippen LogP contribution is 2.34. The number of nitrogens with two attached hydrogens (primary N) is 1. The monoisotopic (exact) mass is 369 g/mol. The second-order valence-corrected chi connectivity index (χ2v) is 7.52. The quantitative estimate of drug-likeness (QED) is 0.655. The average molecular weight is 369 g/mol. The first-order valence-electron chi connectivity index (χ1n) is 9.77. The molecule has 1 unspecified atom stereocenters. The molecular weight excluding hydrogens is 342 g/mol. The highest BCUT2D eigenvalue weighted by Gasteiger charge is 2.21. The van der Waals surface area contributed by atoms with Crippen LogP contribution in [-0.2, 0) is 0 Å². The number of rotatable bonds is 3. The van der Waals surface area contributed by atoms with Gasteiger partial charge in [0.25, 0.3) is 5.56 Å². The predicted molar refractivity (Wildman–Crippen MR) is 106 cm³/mol. The first-order valence-corrected chi connectivity index (χ1v) is 9.77. The van der Waals surface area contributed by atoms with Crippen LogP contribution in [-0.4, -0.2) is 40.8 Å². The summed E-state index contributed by atoms with van der Waals surface area (Å²) in [5.41, 5.74) is 8.06. The molecule has 0 amide bonds. The number of hydrogen-bond donors (Lipinski definition) is 4. The van der Waals surface area contributed by atoms with Crippen molar-refractivity contribution >= 4 is 5.82 Å². The van der Waals surface area contributed by atoms with E-state index in [0.717, 1.165) is 51.9 Å². The Bertz CT molecular complexity index is 867. The van der Waals surface area contributed by atoms with E-state index in [1.54, 1.807) is 16.8 Å². The molecule has 2 aliphatic rings. The average Bonchev–Trinajstić information content (AvgIpc) is 2.72. The standard InChI is InChI=1S/C20H27N5O2/c21-19-20(27)25(15-2-1-7-23-11-15)12-17(24-19)16-10-14(3-4-18(16)26)13-5-8-22-9-6-13/h3-4,10,12-13,15,22-23,26H,1-2,5-9,11H2,(H2,21,24). The molecule has 2 aliphatic heterocycles. The molecule has 5 N–H and O–H groups in total. The Morgan fingerprint density at radius 1 is 1.15 bits per heavy atom. The third kappa shape index (κ3) is 3.70. The second kappa shape index (κ2) is 7.70. The van der Waals surface area contributed by atoms with E-state index in [0.29, 0.717) is 17.2 Å². The number of anilines is 1. The van der Waals surface area contributed by atoms with E-state index in [9.17, 15) is 9.90 Å². The van der Waals surface area contributed by atoms with Crippen LogP contribution in [0, 0.1) is 0 Å². The molecule has 0 saturated carbocycles. The number of phenolic OH excluding ortho intramolecular Hbond substituents is 1. The summed E-state index contributed by atoms with van der Waals surface area (Å²) in [6, 6.07) is 5.77. The van der Waals surface area contributed by atoms with Crippen LogP contribution >= 0.6 is 0 Å². The number of nitrogens with one attached hydrogen (secondary N) is 2. The van der Waals surface area contributed by atoms with Gasteiger partial charge in [0.05, 0.1) is 5.69 Å². The first kappa shape index (κ1) is 18.0. The maximum absolute atomic E-state index is 12.5. The van der Waals surface area contributed by atoms with Crippen molar-refractivity contribution in [3.63, 3.8) is 0 Å². The molecule has 2 fully saturated rings. The van der Waals surface area contributed by atoms with Crippen molar-refractivity contribution < 1.29 is 5.11 Å². The third-order valence-corrected chi connectivity index (χ3v) is 5.73. The molecule has 1 atom stereocenters. The van der Waals surface area contributed by atoms with E-state index >= 15 is 0 Å². The van der Waals surface area contributed by atoms with E-state index in [1.165, 1.54) is 5.56 Å². The van der Waals surface area contributed by atoms with Gasteiger partial charge in [-0.05, 0) is 68.9 Å². The van der Waals surface area contributed by atoms with Gasteiger partial charge in [0.1, 0.15) is 5.75 Å². The number of nitrogen functional groups attached to an aromatic ring is 1. The van der Waals surface area contributed by atoms with E-state index in [2.05, 4.69) is 15.6 Å². The van der Waals surface area contributed by atoms with Gasteiger partial charge in [-0.1, -0.05) is 6.07 Å². The molecule has 1 aromatic heterocycles. The topological polar surface area (TPSA) is 105 Å². The van der Waals surface area contributed by atoms with E-state index in [-0.39, 0.29) is 23.2 Å². The van der Waals surface area contributed by atoms with Crippen LogP contribution in [0.1, 0.15) is 43.2 Å². The number of piperidine rings is 2. The SMILES string of the molecule is Nc1nc(-c2cc(C3CCNCC3)ccc2O)cn(C2CCCNC2)c1=O. The Kier molecular flexibility index (Phi) is 5.13. The van der Waals surface area contributed by atoms with Crippen molar-refractivity contribution in [2.45, 2.75) is 37.6 Å². The van der Waals surface area contributed by atoms with Crippen molar-refractivity contribution in [3.8, 4) is 17.0 Å². The first-order chi connectivity index (χ1) is 13.1. The molecule has 0 radical (unpaired) electrons. The highest BCUT2D eigenvalue weighted by molar-refractivity contribution is 5.68. The van der Waals surface area contributed by atoms with Gasteiger partial charge in [-0.15, -0.1) is 0 Å². The van der Waals surface area contributed by atoms with Crippen molar-refractivity contribution in [2.75, 3.05) is 31.9 Å². The number of hydrogen-bond acceptors (Lipinski definition) is 6. The fraction of sp³-hybridized carbons (Fsp3) is 0.500. The van der Waals surface area contributed by atoms with Gasteiger partial charge in [-0.3, -0.25) is 4.79 Å². The Labute approximate surface area is 158 Å². The van der Waals surface area contributed by atoms with Crippen LogP contribution in [0.25, 0.3) is 11.3 Å². The molecular formula is C20H27N5O2. The van der Waals surface area contributed by atoms with Crippen molar-refractivity contribution in [1.82, 2.24) is 20.2 Å². The summed E-state index contributed by atoms with van der Waals surface area (Å²) >= 11 is 0. The smallest absolute Gasteiger partial charge is 0.293 e. The Balaban J connectivity index is 1.74. The highest BCUT2D eigenvalue weighted by atomic mass is 16.3. The van der Waals surface area contributed by atoms with E-state index in [1.807, 2.05) is 12.1 Å². The zero-order chi connectivity index (χ0) is 18.8. The minimum atomic E-state index is -0.263. The van der Waals surface area contributed by atoms with Crippen molar-refractivity contribution in [2.24, 2.45) is 0 Å². The lowest BCUT2D eigenvalue weighted by molar-refractivity contribution is 0.364. The molecule has 7 heteroatoms. The van der Waals surface area contributed by atoms with Crippen LogP contribution < -0.4 is 21.9 Å². The van der Waals surface area contributed by atoms with Crippen LogP contribution in [0.2, 0.25) is 0 Å². The van der Waals surface area contributed by atoms with Crippen LogP contribution in [0.4, 0.5) is 5.82 Å². The van der Waals surface area contributed by atoms with Gasteiger partial charge in [0.15, 0.2) is 5.82 Å². The molecule has 144 valence electrons. The molecule has 2 saturated heterocycles. The van der Waals surface area contributed by atoms with Crippen molar-refractivity contribution in [1.29, 1.82) is 0 Å². The zero-order valence-electron chi connectivity index (χ0n) is 15.4. The van der Waals surface area contributed by atoms with Gasteiger partial charge in [0.2, 0.25) is 0 Å². The molecule has 4 rings (SSSR count). The van der Waals surface area contributed by atoms with Gasteiger partial charge < -0.3 is 26.0 Å². The Morgan fingerprint density at radius 3 is 2.70 bits per heavy atom. The van der Waals surface area contributed by atoms with Gasteiger partial charge in [0, 0.05) is 24.3 Å². The van der Waals surface area contributed by atoms with Gasteiger partial charge in [-0.2, -0.15) is 0 Å². The number of nitrogens with zero attached hydrogens (tertiary/aromatic N) is 2. The summed E-state index contributed by atoms with van der Waals surface area (Å²) in [5, 5.41) is 17.2. The lowest BCUT2D eigenvalue weighted by atomic mass is 9.89.